The fraction of sp³-hybridized carbons (Fsp3) is 0.538. The lowest BCUT2D eigenvalue weighted by Gasteiger charge is -2.31. The van der Waals surface area contributed by atoms with Crippen LogP contribution in [0.4, 0.5) is 0 Å². The summed E-state index contributed by atoms with van der Waals surface area (Å²) in [6.07, 6.45) is 6.05. The van der Waals surface area contributed by atoms with Crippen molar-refractivity contribution in [3.63, 3.8) is 0 Å². The summed E-state index contributed by atoms with van der Waals surface area (Å²) in [5.41, 5.74) is 0.947. The van der Waals surface area contributed by atoms with Gasteiger partial charge in [-0.15, -0.1) is 0 Å². The quantitative estimate of drug-likeness (QED) is 0.857. The summed E-state index contributed by atoms with van der Waals surface area (Å²) in [7, 11) is 1.73. The molecule has 1 aromatic rings. The van der Waals surface area contributed by atoms with Crippen molar-refractivity contribution < 1.29 is 9.53 Å². The summed E-state index contributed by atoms with van der Waals surface area (Å²) < 4.78 is 6.21. The Morgan fingerprint density at radius 2 is 2.22 bits per heavy atom. The van der Waals surface area contributed by atoms with Crippen molar-refractivity contribution in [1.82, 2.24) is 9.88 Å². The Labute approximate surface area is 115 Å². The molecular weight excluding hydrogens is 296 g/mol. The van der Waals surface area contributed by atoms with Crippen LogP contribution in [0.15, 0.2) is 22.9 Å². The first-order valence-electron chi connectivity index (χ1n) is 6.09. The lowest BCUT2D eigenvalue weighted by Crippen LogP contribution is -2.41. The van der Waals surface area contributed by atoms with Crippen molar-refractivity contribution in [3.05, 3.63) is 28.5 Å². The third-order valence-corrected chi connectivity index (χ3v) is 3.68. The number of ether oxygens (including phenoxy) is 1. The van der Waals surface area contributed by atoms with Gasteiger partial charge in [0.2, 0.25) is 5.91 Å². The molecule has 1 saturated heterocycles. The molecule has 1 aliphatic rings. The minimum absolute atomic E-state index is 0.171. The van der Waals surface area contributed by atoms with Crippen LogP contribution >= 0.6 is 15.9 Å². The van der Waals surface area contributed by atoms with E-state index in [1.807, 2.05) is 11.0 Å². The summed E-state index contributed by atoms with van der Waals surface area (Å²) in [5, 5.41) is 0. The molecule has 5 heteroatoms. The van der Waals surface area contributed by atoms with Crippen molar-refractivity contribution >= 4 is 21.8 Å². The number of amides is 1. The zero-order valence-corrected chi connectivity index (χ0v) is 12.0. The smallest absolute Gasteiger partial charge is 0.227 e. The van der Waals surface area contributed by atoms with Crippen molar-refractivity contribution in [3.8, 4) is 0 Å². The lowest BCUT2D eigenvalue weighted by atomic mass is 10.1. The number of rotatable bonds is 3. The largest absolute Gasteiger partial charge is 0.381 e. The highest BCUT2D eigenvalue weighted by Gasteiger charge is 2.22. The Balaban J connectivity index is 1.89. The molecule has 0 radical (unpaired) electrons. The number of piperidine rings is 1. The van der Waals surface area contributed by atoms with Crippen molar-refractivity contribution in [2.24, 2.45) is 0 Å². The SMILES string of the molecule is COC1CCN(C(=O)Cc2cncc(Br)c2)CC1. The fourth-order valence-corrected chi connectivity index (χ4v) is 2.59. The summed E-state index contributed by atoms with van der Waals surface area (Å²) in [4.78, 5) is 18.1. The van der Waals surface area contributed by atoms with Gasteiger partial charge < -0.3 is 9.64 Å². The highest BCUT2D eigenvalue weighted by atomic mass is 79.9. The second-order valence-electron chi connectivity index (χ2n) is 4.50. The minimum atomic E-state index is 0.171. The monoisotopic (exact) mass is 312 g/mol. The first kappa shape index (κ1) is 13.5. The van der Waals surface area contributed by atoms with Gasteiger partial charge >= 0.3 is 0 Å². The number of methoxy groups -OCH3 is 1. The van der Waals surface area contributed by atoms with E-state index >= 15 is 0 Å². The normalized spacial score (nSPS) is 16.9. The first-order chi connectivity index (χ1) is 8.69. The number of hydrogen-bond donors (Lipinski definition) is 0. The number of carbonyl (C=O) groups is 1. The van der Waals surface area contributed by atoms with Crippen LogP contribution in [0.5, 0.6) is 0 Å². The van der Waals surface area contributed by atoms with E-state index in [9.17, 15) is 4.79 Å². The van der Waals surface area contributed by atoms with Crippen LogP contribution in [-0.4, -0.2) is 42.1 Å². The molecular formula is C13H17BrN2O2. The summed E-state index contributed by atoms with van der Waals surface area (Å²) in [6, 6.07) is 1.94. The van der Waals surface area contributed by atoms with Gasteiger partial charge in [-0.3, -0.25) is 9.78 Å². The predicted molar refractivity (Wildman–Crippen MR) is 72.3 cm³/mol. The second kappa shape index (κ2) is 6.29. The van der Waals surface area contributed by atoms with Gasteiger partial charge in [0.15, 0.2) is 0 Å². The van der Waals surface area contributed by atoms with Crippen LogP contribution in [0.25, 0.3) is 0 Å². The maximum atomic E-state index is 12.1. The molecule has 2 rings (SSSR count). The van der Waals surface area contributed by atoms with Gasteiger partial charge in [0.25, 0.3) is 0 Å². The van der Waals surface area contributed by atoms with E-state index in [0.29, 0.717) is 12.5 Å². The van der Waals surface area contributed by atoms with E-state index in [1.165, 1.54) is 0 Å². The molecule has 1 fully saturated rings. The molecule has 0 aromatic carbocycles. The Bertz CT molecular complexity index is 417. The zero-order valence-electron chi connectivity index (χ0n) is 10.4. The molecule has 98 valence electrons. The van der Waals surface area contributed by atoms with Crippen LogP contribution in [-0.2, 0) is 16.0 Å². The van der Waals surface area contributed by atoms with Crippen LogP contribution in [0.3, 0.4) is 0 Å². The minimum Gasteiger partial charge on any atom is -0.381 e. The van der Waals surface area contributed by atoms with Gasteiger partial charge in [0.05, 0.1) is 12.5 Å². The van der Waals surface area contributed by atoms with Crippen molar-refractivity contribution in [2.75, 3.05) is 20.2 Å². The molecule has 2 heterocycles. The summed E-state index contributed by atoms with van der Waals surface area (Å²) in [6.45, 7) is 1.58. The van der Waals surface area contributed by atoms with E-state index in [2.05, 4.69) is 20.9 Å². The van der Waals surface area contributed by atoms with Crippen molar-refractivity contribution in [1.29, 1.82) is 0 Å². The molecule has 0 bridgehead atoms. The Morgan fingerprint density at radius 3 is 2.83 bits per heavy atom. The Kier molecular flexibility index (Phi) is 4.72. The average molecular weight is 313 g/mol. The topological polar surface area (TPSA) is 42.4 Å². The number of pyridine rings is 1. The molecule has 4 nitrogen and oxygen atoms in total. The number of hydrogen-bond acceptors (Lipinski definition) is 3. The molecule has 1 amide bonds. The fourth-order valence-electron chi connectivity index (χ4n) is 2.18. The number of carbonyl (C=O) groups excluding carboxylic acids is 1. The van der Waals surface area contributed by atoms with Crippen molar-refractivity contribution in [2.45, 2.75) is 25.4 Å². The summed E-state index contributed by atoms with van der Waals surface area (Å²) in [5.74, 6) is 0.171. The highest BCUT2D eigenvalue weighted by molar-refractivity contribution is 9.10. The van der Waals surface area contributed by atoms with E-state index in [0.717, 1.165) is 36.0 Å². The second-order valence-corrected chi connectivity index (χ2v) is 5.42. The maximum Gasteiger partial charge on any atom is 0.227 e. The molecule has 1 aromatic heterocycles. The van der Waals surface area contributed by atoms with Crippen LogP contribution < -0.4 is 0 Å². The van der Waals surface area contributed by atoms with Gasteiger partial charge in [0, 0.05) is 37.1 Å². The number of nitrogens with zero attached hydrogens (tertiary/aromatic N) is 2. The van der Waals surface area contributed by atoms with Gasteiger partial charge in [-0.25, -0.2) is 0 Å². The van der Waals surface area contributed by atoms with Gasteiger partial charge in [0.1, 0.15) is 0 Å². The van der Waals surface area contributed by atoms with E-state index in [1.54, 1.807) is 19.5 Å². The van der Waals surface area contributed by atoms with E-state index in [-0.39, 0.29) is 5.91 Å². The Hall–Kier alpha value is -0.940. The van der Waals surface area contributed by atoms with Crippen LogP contribution in [0.2, 0.25) is 0 Å². The van der Waals surface area contributed by atoms with Gasteiger partial charge in [-0.1, -0.05) is 0 Å². The molecule has 0 spiro atoms. The van der Waals surface area contributed by atoms with Gasteiger partial charge in [-0.05, 0) is 40.4 Å². The van der Waals surface area contributed by atoms with E-state index < -0.39 is 0 Å². The summed E-state index contributed by atoms with van der Waals surface area (Å²) >= 11 is 3.36. The lowest BCUT2D eigenvalue weighted by molar-refractivity contribution is -0.132. The Morgan fingerprint density at radius 1 is 1.50 bits per heavy atom. The third-order valence-electron chi connectivity index (χ3n) is 3.24. The standard InChI is InChI=1S/C13H17BrN2O2/c1-18-12-2-4-16(5-3-12)13(17)7-10-6-11(14)9-15-8-10/h6,8-9,12H,2-5,7H2,1H3. The number of halogens is 1. The molecule has 18 heavy (non-hydrogen) atoms. The van der Waals surface area contributed by atoms with Crippen LogP contribution in [0.1, 0.15) is 18.4 Å². The first-order valence-corrected chi connectivity index (χ1v) is 6.88. The number of likely N-dealkylation sites (tertiary alicyclic amines) is 1. The molecule has 1 aliphatic heterocycles. The maximum absolute atomic E-state index is 12.1. The molecule has 0 atom stereocenters. The number of aromatic nitrogens is 1. The average Bonchev–Trinajstić information content (AvgIpc) is 2.39. The third kappa shape index (κ3) is 3.53. The van der Waals surface area contributed by atoms with Crippen LogP contribution in [0, 0.1) is 0 Å². The molecule has 0 saturated carbocycles. The molecule has 0 N–H and O–H groups in total. The van der Waals surface area contributed by atoms with E-state index in [4.69, 9.17) is 4.74 Å². The molecule has 0 aliphatic carbocycles. The highest BCUT2D eigenvalue weighted by Crippen LogP contribution is 2.15. The molecule has 0 unspecified atom stereocenters. The predicted octanol–water partition coefficient (Wildman–Crippen LogP) is 2.02. The van der Waals surface area contributed by atoms with Gasteiger partial charge in [-0.2, -0.15) is 0 Å². The zero-order chi connectivity index (χ0) is 13.0.